The van der Waals surface area contributed by atoms with Crippen molar-refractivity contribution in [2.45, 2.75) is 39.2 Å². The largest absolute Gasteiger partial charge is 0.313 e. The van der Waals surface area contributed by atoms with Gasteiger partial charge in [0, 0.05) is 6.04 Å². The van der Waals surface area contributed by atoms with Gasteiger partial charge < -0.3 is 5.32 Å². The first-order valence-electron chi connectivity index (χ1n) is 5.47. The van der Waals surface area contributed by atoms with Crippen LogP contribution in [0.3, 0.4) is 0 Å². The molecule has 0 saturated carbocycles. The van der Waals surface area contributed by atoms with Crippen LogP contribution in [0.5, 0.6) is 0 Å². The van der Waals surface area contributed by atoms with E-state index < -0.39 is 9.84 Å². The van der Waals surface area contributed by atoms with Crippen LogP contribution < -0.4 is 5.32 Å². The van der Waals surface area contributed by atoms with Crippen molar-refractivity contribution < 1.29 is 8.42 Å². The summed E-state index contributed by atoms with van der Waals surface area (Å²) in [6.45, 7) is 5.28. The standard InChI is InChI=1S/C10H21NO2S/c1-3-9(2)7-11-10-5-4-6-14(12,13)8-10/h9-11H,3-8H2,1-2H3. The summed E-state index contributed by atoms with van der Waals surface area (Å²) in [5, 5.41) is 3.35. The Morgan fingerprint density at radius 1 is 1.50 bits per heavy atom. The third-order valence-electron chi connectivity index (χ3n) is 2.91. The highest BCUT2D eigenvalue weighted by Crippen LogP contribution is 2.12. The van der Waals surface area contributed by atoms with Gasteiger partial charge in [-0.25, -0.2) is 8.42 Å². The summed E-state index contributed by atoms with van der Waals surface area (Å²) in [5.41, 5.74) is 0. The maximum atomic E-state index is 11.3. The molecule has 0 amide bonds. The summed E-state index contributed by atoms with van der Waals surface area (Å²) in [6, 6.07) is 0.197. The van der Waals surface area contributed by atoms with Crippen molar-refractivity contribution in [1.29, 1.82) is 0 Å². The molecule has 84 valence electrons. The molecule has 14 heavy (non-hydrogen) atoms. The molecule has 0 spiro atoms. The first-order chi connectivity index (χ1) is 6.53. The van der Waals surface area contributed by atoms with Crippen LogP contribution in [-0.2, 0) is 9.84 Å². The molecule has 0 aromatic carbocycles. The van der Waals surface area contributed by atoms with Crippen LogP contribution in [0.25, 0.3) is 0 Å². The fourth-order valence-corrected chi connectivity index (χ4v) is 3.37. The highest BCUT2D eigenvalue weighted by atomic mass is 32.2. The van der Waals surface area contributed by atoms with Crippen molar-refractivity contribution in [3.8, 4) is 0 Å². The second kappa shape index (κ2) is 5.12. The van der Waals surface area contributed by atoms with Crippen LogP contribution >= 0.6 is 0 Å². The Bertz CT molecular complexity index is 261. The molecule has 3 nitrogen and oxygen atoms in total. The smallest absolute Gasteiger partial charge is 0.151 e. The molecular weight excluding hydrogens is 198 g/mol. The average molecular weight is 219 g/mol. The fraction of sp³-hybridized carbons (Fsp3) is 1.00. The topological polar surface area (TPSA) is 46.2 Å². The maximum absolute atomic E-state index is 11.3. The third-order valence-corrected chi connectivity index (χ3v) is 4.74. The molecule has 0 bridgehead atoms. The molecular formula is C10H21NO2S. The Kier molecular flexibility index (Phi) is 4.38. The van der Waals surface area contributed by atoms with Crippen molar-refractivity contribution in [3.63, 3.8) is 0 Å². The van der Waals surface area contributed by atoms with Gasteiger partial charge in [0.1, 0.15) is 0 Å². The molecule has 0 aromatic rings. The summed E-state index contributed by atoms with van der Waals surface area (Å²) in [6.07, 6.45) is 2.97. The summed E-state index contributed by atoms with van der Waals surface area (Å²) in [7, 11) is -2.75. The van der Waals surface area contributed by atoms with Crippen molar-refractivity contribution in [3.05, 3.63) is 0 Å². The summed E-state index contributed by atoms with van der Waals surface area (Å²) in [5.74, 6) is 1.36. The van der Waals surface area contributed by atoms with Crippen LogP contribution in [0.15, 0.2) is 0 Å². The first-order valence-corrected chi connectivity index (χ1v) is 7.29. The summed E-state index contributed by atoms with van der Waals surface area (Å²) < 4.78 is 22.7. The van der Waals surface area contributed by atoms with Gasteiger partial charge in [0.15, 0.2) is 9.84 Å². The third kappa shape index (κ3) is 3.96. The van der Waals surface area contributed by atoms with Gasteiger partial charge in [0.25, 0.3) is 0 Å². The summed E-state index contributed by atoms with van der Waals surface area (Å²) in [4.78, 5) is 0. The normalized spacial score (nSPS) is 28.6. The van der Waals surface area contributed by atoms with Gasteiger partial charge >= 0.3 is 0 Å². The van der Waals surface area contributed by atoms with E-state index in [1.165, 1.54) is 0 Å². The average Bonchev–Trinajstić information content (AvgIpc) is 2.12. The molecule has 1 heterocycles. The Morgan fingerprint density at radius 3 is 2.79 bits per heavy atom. The van der Waals surface area contributed by atoms with Gasteiger partial charge in [0.05, 0.1) is 11.5 Å². The molecule has 1 fully saturated rings. The lowest BCUT2D eigenvalue weighted by atomic mass is 10.1. The van der Waals surface area contributed by atoms with E-state index in [4.69, 9.17) is 0 Å². The Balaban J connectivity index is 2.31. The minimum Gasteiger partial charge on any atom is -0.313 e. The lowest BCUT2D eigenvalue weighted by Gasteiger charge is -2.24. The molecule has 0 radical (unpaired) electrons. The molecule has 1 N–H and O–H groups in total. The molecule has 1 rings (SSSR count). The van der Waals surface area contributed by atoms with Gasteiger partial charge in [-0.05, 0) is 25.3 Å². The number of hydrogen-bond donors (Lipinski definition) is 1. The predicted octanol–water partition coefficient (Wildman–Crippen LogP) is 1.20. The van der Waals surface area contributed by atoms with Crippen LogP contribution in [0.4, 0.5) is 0 Å². The van der Waals surface area contributed by atoms with Crippen LogP contribution in [0.1, 0.15) is 33.1 Å². The van der Waals surface area contributed by atoms with E-state index in [1.54, 1.807) is 0 Å². The van der Waals surface area contributed by atoms with Gasteiger partial charge in [0.2, 0.25) is 0 Å². The molecule has 2 atom stereocenters. The highest BCUT2D eigenvalue weighted by Gasteiger charge is 2.24. The second-order valence-electron chi connectivity index (χ2n) is 4.38. The minimum absolute atomic E-state index is 0.197. The molecule has 2 unspecified atom stereocenters. The van der Waals surface area contributed by atoms with Crippen LogP contribution in [-0.4, -0.2) is 32.5 Å². The Labute approximate surface area is 87.2 Å². The summed E-state index contributed by atoms with van der Waals surface area (Å²) >= 11 is 0. The zero-order valence-corrected chi connectivity index (χ0v) is 9.94. The highest BCUT2D eigenvalue weighted by molar-refractivity contribution is 7.91. The van der Waals surface area contributed by atoms with Gasteiger partial charge in [-0.2, -0.15) is 0 Å². The zero-order chi connectivity index (χ0) is 10.6. The van der Waals surface area contributed by atoms with E-state index in [2.05, 4.69) is 19.2 Å². The molecule has 1 saturated heterocycles. The predicted molar refractivity (Wildman–Crippen MR) is 59.1 cm³/mol. The number of rotatable bonds is 4. The van der Waals surface area contributed by atoms with E-state index in [0.29, 0.717) is 17.4 Å². The molecule has 1 aliphatic heterocycles. The number of sulfone groups is 1. The van der Waals surface area contributed by atoms with Crippen LogP contribution in [0, 0.1) is 5.92 Å². The second-order valence-corrected chi connectivity index (χ2v) is 6.60. The number of hydrogen-bond acceptors (Lipinski definition) is 3. The van der Waals surface area contributed by atoms with E-state index in [1.807, 2.05) is 0 Å². The first kappa shape index (κ1) is 12.0. The molecule has 4 heteroatoms. The SMILES string of the molecule is CCC(C)CNC1CCCS(=O)(=O)C1. The Morgan fingerprint density at radius 2 is 2.21 bits per heavy atom. The quantitative estimate of drug-likeness (QED) is 0.773. The lowest BCUT2D eigenvalue weighted by Crippen LogP contribution is -2.41. The van der Waals surface area contributed by atoms with Crippen molar-refractivity contribution in [1.82, 2.24) is 5.32 Å². The maximum Gasteiger partial charge on any atom is 0.151 e. The minimum atomic E-state index is -2.75. The van der Waals surface area contributed by atoms with Crippen LogP contribution in [0.2, 0.25) is 0 Å². The van der Waals surface area contributed by atoms with E-state index in [-0.39, 0.29) is 6.04 Å². The van der Waals surface area contributed by atoms with Crippen molar-refractivity contribution in [2.75, 3.05) is 18.1 Å². The lowest BCUT2D eigenvalue weighted by molar-refractivity contribution is 0.426. The Hall–Kier alpha value is -0.0900. The van der Waals surface area contributed by atoms with Gasteiger partial charge in [-0.3, -0.25) is 0 Å². The van der Waals surface area contributed by atoms with Gasteiger partial charge in [-0.15, -0.1) is 0 Å². The van der Waals surface area contributed by atoms with E-state index in [0.717, 1.165) is 25.8 Å². The molecule has 0 aliphatic carbocycles. The monoisotopic (exact) mass is 219 g/mol. The van der Waals surface area contributed by atoms with E-state index in [9.17, 15) is 8.42 Å². The zero-order valence-electron chi connectivity index (χ0n) is 9.12. The molecule has 0 aromatic heterocycles. The number of nitrogens with one attached hydrogen (secondary N) is 1. The van der Waals surface area contributed by atoms with Gasteiger partial charge in [-0.1, -0.05) is 20.3 Å². The molecule has 1 aliphatic rings. The fourth-order valence-electron chi connectivity index (χ4n) is 1.70. The van der Waals surface area contributed by atoms with Crippen molar-refractivity contribution in [2.24, 2.45) is 5.92 Å². The van der Waals surface area contributed by atoms with E-state index >= 15 is 0 Å². The van der Waals surface area contributed by atoms with Crippen molar-refractivity contribution >= 4 is 9.84 Å².